The summed E-state index contributed by atoms with van der Waals surface area (Å²) in [4.78, 5) is 38.7. The molecule has 1 aromatic carbocycles. The molecule has 0 aromatic heterocycles. The van der Waals surface area contributed by atoms with Crippen molar-refractivity contribution in [1.29, 1.82) is 0 Å². The number of carbonyl (C=O) groups is 3. The average molecular weight is 323 g/mol. The van der Waals surface area contributed by atoms with Gasteiger partial charge in [0.15, 0.2) is 0 Å². The molecule has 0 unspecified atom stereocenters. The van der Waals surface area contributed by atoms with Crippen LogP contribution in [0.4, 0.5) is 4.79 Å². The van der Waals surface area contributed by atoms with Crippen molar-refractivity contribution in [3.8, 4) is 11.5 Å². The van der Waals surface area contributed by atoms with Crippen LogP contribution in [0.3, 0.4) is 0 Å². The first-order chi connectivity index (χ1) is 11.1. The summed E-state index contributed by atoms with van der Waals surface area (Å²) in [7, 11) is 0. The predicted molar refractivity (Wildman–Crippen MR) is 76.5 cm³/mol. The van der Waals surface area contributed by atoms with E-state index >= 15 is 0 Å². The van der Waals surface area contributed by atoms with E-state index in [1.165, 1.54) is 12.1 Å². The maximum atomic E-state index is 11.5. The van der Waals surface area contributed by atoms with Gasteiger partial charge >= 0.3 is 6.16 Å². The van der Waals surface area contributed by atoms with Gasteiger partial charge in [-0.05, 0) is 37.1 Å². The normalized spacial score (nSPS) is 14.0. The first-order valence-electron chi connectivity index (χ1n) is 7.19. The SMILES string of the molecule is O=C(Oc1ccc(OCCCCO)cc1)ON1C(=O)CCC1=O. The summed E-state index contributed by atoms with van der Waals surface area (Å²) in [5.74, 6) is -0.359. The van der Waals surface area contributed by atoms with Crippen molar-refractivity contribution in [2.75, 3.05) is 13.2 Å². The number of hydrogen-bond acceptors (Lipinski definition) is 7. The van der Waals surface area contributed by atoms with Crippen molar-refractivity contribution in [2.45, 2.75) is 25.7 Å². The molecule has 2 rings (SSSR count). The number of carbonyl (C=O) groups excluding carboxylic acids is 3. The summed E-state index contributed by atoms with van der Waals surface area (Å²) in [5.41, 5.74) is 0. The number of amides is 2. The van der Waals surface area contributed by atoms with E-state index in [0.29, 0.717) is 23.8 Å². The van der Waals surface area contributed by atoms with Crippen molar-refractivity contribution in [1.82, 2.24) is 5.06 Å². The Morgan fingerprint density at radius 3 is 2.26 bits per heavy atom. The molecule has 1 saturated heterocycles. The first kappa shape index (κ1) is 16.8. The molecule has 1 N–H and O–H groups in total. The number of imide groups is 1. The molecule has 23 heavy (non-hydrogen) atoms. The van der Waals surface area contributed by atoms with Gasteiger partial charge in [0.05, 0.1) is 6.61 Å². The number of benzene rings is 1. The van der Waals surface area contributed by atoms with Crippen molar-refractivity contribution >= 4 is 18.0 Å². The fourth-order valence-corrected chi connectivity index (χ4v) is 1.86. The second-order valence-electron chi connectivity index (χ2n) is 4.78. The van der Waals surface area contributed by atoms with Gasteiger partial charge in [-0.3, -0.25) is 14.4 Å². The molecule has 1 fully saturated rings. The third kappa shape index (κ3) is 4.96. The Morgan fingerprint density at radius 2 is 1.65 bits per heavy atom. The number of aliphatic hydroxyl groups is 1. The van der Waals surface area contributed by atoms with Crippen LogP contribution in [0.15, 0.2) is 24.3 Å². The number of hydrogen-bond donors (Lipinski definition) is 1. The Balaban J connectivity index is 1.79. The molecule has 0 saturated carbocycles. The Bertz CT molecular complexity index is 554. The van der Waals surface area contributed by atoms with Crippen LogP contribution in [-0.2, 0) is 14.4 Å². The van der Waals surface area contributed by atoms with Gasteiger partial charge in [-0.25, -0.2) is 4.79 Å². The van der Waals surface area contributed by atoms with Gasteiger partial charge in [-0.2, -0.15) is 0 Å². The van der Waals surface area contributed by atoms with Crippen molar-refractivity contribution in [3.63, 3.8) is 0 Å². The van der Waals surface area contributed by atoms with E-state index in [1.807, 2.05) is 0 Å². The minimum absolute atomic E-state index is 0.0223. The second-order valence-corrected chi connectivity index (χ2v) is 4.78. The van der Waals surface area contributed by atoms with Gasteiger partial charge in [-0.1, -0.05) is 5.06 Å². The zero-order valence-corrected chi connectivity index (χ0v) is 12.4. The van der Waals surface area contributed by atoms with E-state index in [0.717, 1.165) is 6.42 Å². The highest BCUT2D eigenvalue weighted by atomic mass is 16.8. The van der Waals surface area contributed by atoms with Gasteiger partial charge in [0.2, 0.25) is 0 Å². The molecular weight excluding hydrogens is 306 g/mol. The van der Waals surface area contributed by atoms with Crippen LogP contribution < -0.4 is 9.47 Å². The van der Waals surface area contributed by atoms with Crippen LogP contribution in [-0.4, -0.2) is 41.4 Å². The van der Waals surface area contributed by atoms with Gasteiger partial charge in [0.1, 0.15) is 11.5 Å². The molecule has 8 heteroatoms. The first-order valence-corrected chi connectivity index (χ1v) is 7.19. The molecule has 1 aliphatic heterocycles. The summed E-state index contributed by atoms with van der Waals surface area (Å²) < 4.78 is 10.3. The number of unbranched alkanes of at least 4 members (excludes halogenated alkanes) is 1. The van der Waals surface area contributed by atoms with E-state index in [9.17, 15) is 14.4 Å². The molecule has 2 amide bonds. The minimum Gasteiger partial charge on any atom is -0.494 e. The summed E-state index contributed by atoms with van der Waals surface area (Å²) in [6.07, 6.45) is 0.285. The number of hydroxylamine groups is 2. The van der Waals surface area contributed by atoms with Crippen molar-refractivity contribution < 1.29 is 33.8 Å². The van der Waals surface area contributed by atoms with Gasteiger partial charge in [0, 0.05) is 19.4 Å². The Labute approximate surface area is 132 Å². The summed E-state index contributed by atoms with van der Waals surface area (Å²) >= 11 is 0. The molecule has 1 heterocycles. The summed E-state index contributed by atoms with van der Waals surface area (Å²) in [6.45, 7) is 0.599. The molecule has 1 aliphatic rings. The van der Waals surface area contributed by atoms with Crippen molar-refractivity contribution in [3.05, 3.63) is 24.3 Å². The molecule has 0 spiro atoms. The number of aliphatic hydroxyl groups excluding tert-OH is 1. The fraction of sp³-hybridized carbons (Fsp3) is 0.400. The maximum Gasteiger partial charge on any atom is 0.539 e. The molecule has 124 valence electrons. The lowest BCUT2D eigenvalue weighted by atomic mass is 10.3. The number of nitrogens with zero attached hydrogens (tertiary/aromatic N) is 1. The van der Waals surface area contributed by atoms with Crippen LogP contribution in [0.1, 0.15) is 25.7 Å². The van der Waals surface area contributed by atoms with Gasteiger partial charge < -0.3 is 14.6 Å². The standard InChI is InChI=1S/C15H17NO7/c17-9-1-2-10-21-11-3-5-12(6-4-11)22-15(20)23-16-13(18)7-8-14(16)19/h3-6,17H,1-2,7-10H2. The van der Waals surface area contributed by atoms with Gasteiger partial charge in [0.25, 0.3) is 11.8 Å². The molecule has 0 aliphatic carbocycles. The number of rotatable bonds is 7. The highest BCUT2D eigenvalue weighted by Crippen LogP contribution is 2.19. The fourth-order valence-electron chi connectivity index (χ4n) is 1.86. The monoisotopic (exact) mass is 323 g/mol. The zero-order valence-electron chi connectivity index (χ0n) is 12.4. The van der Waals surface area contributed by atoms with Crippen molar-refractivity contribution in [2.24, 2.45) is 0 Å². The molecule has 0 radical (unpaired) electrons. The number of ether oxygens (including phenoxy) is 2. The maximum absolute atomic E-state index is 11.5. The highest BCUT2D eigenvalue weighted by molar-refractivity contribution is 6.01. The molecule has 0 atom stereocenters. The lowest BCUT2D eigenvalue weighted by Gasteiger charge is -2.12. The third-order valence-corrected chi connectivity index (χ3v) is 3.02. The van der Waals surface area contributed by atoms with Crippen LogP contribution in [0.5, 0.6) is 11.5 Å². The lowest BCUT2D eigenvalue weighted by Crippen LogP contribution is -2.33. The quantitative estimate of drug-likeness (QED) is 0.350. The lowest BCUT2D eigenvalue weighted by molar-refractivity contribution is -0.174. The Kier molecular flexibility index (Phi) is 5.93. The average Bonchev–Trinajstić information content (AvgIpc) is 2.85. The highest BCUT2D eigenvalue weighted by Gasteiger charge is 2.33. The smallest absolute Gasteiger partial charge is 0.494 e. The Hall–Kier alpha value is -2.61. The summed E-state index contributed by atoms with van der Waals surface area (Å²) in [5, 5.41) is 9.07. The molecule has 1 aromatic rings. The van der Waals surface area contributed by atoms with Crippen LogP contribution >= 0.6 is 0 Å². The third-order valence-electron chi connectivity index (χ3n) is 3.02. The largest absolute Gasteiger partial charge is 0.539 e. The van der Waals surface area contributed by atoms with E-state index < -0.39 is 18.0 Å². The predicted octanol–water partition coefficient (Wildman–Crippen LogP) is 1.42. The van der Waals surface area contributed by atoms with Crippen LogP contribution in [0, 0.1) is 0 Å². The van der Waals surface area contributed by atoms with E-state index in [1.54, 1.807) is 12.1 Å². The Morgan fingerprint density at radius 1 is 1.04 bits per heavy atom. The van der Waals surface area contributed by atoms with Crippen LogP contribution in [0.25, 0.3) is 0 Å². The summed E-state index contributed by atoms with van der Waals surface area (Å²) in [6, 6.07) is 6.20. The topological polar surface area (TPSA) is 102 Å². The molecule has 0 bridgehead atoms. The second kappa shape index (κ2) is 8.14. The molecular formula is C15H17NO7. The van der Waals surface area contributed by atoms with Crippen LogP contribution in [0.2, 0.25) is 0 Å². The zero-order chi connectivity index (χ0) is 16.7. The molecule has 8 nitrogen and oxygen atoms in total. The van der Waals surface area contributed by atoms with E-state index in [2.05, 4.69) is 4.84 Å². The minimum atomic E-state index is -1.16. The van der Waals surface area contributed by atoms with E-state index in [4.69, 9.17) is 14.6 Å². The van der Waals surface area contributed by atoms with E-state index in [-0.39, 0.29) is 25.2 Å². The van der Waals surface area contributed by atoms with Gasteiger partial charge in [-0.15, -0.1) is 0 Å².